The fraction of sp³-hybridized carbons (Fsp3) is 0.607. The molecule has 0 amide bonds. The number of pyridine rings is 1. The molecule has 1 atom stereocenters. The summed E-state index contributed by atoms with van der Waals surface area (Å²) in [7, 11) is 3.39. The average Bonchev–Trinajstić information content (AvgIpc) is 2.91. The van der Waals surface area contributed by atoms with Crippen LogP contribution in [0, 0.1) is 11.6 Å². The van der Waals surface area contributed by atoms with Crippen molar-refractivity contribution in [2.24, 2.45) is 0 Å². The molecule has 1 aliphatic carbocycles. The summed E-state index contributed by atoms with van der Waals surface area (Å²) < 4.78 is 45.9. The highest BCUT2D eigenvalue weighted by Crippen LogP contribution is 2.31. The number of rotatable bonds is 11. The highest BCUT2D eigenvalue weighted by molar-refractivity contribution is 5.71. The zero-order valence-corrected chi connectivity index (χ0v) is 22.1. The van der Waals surface area contributed by atoms with Crippen molar-refractivity contribution in [2.75, 3.05) is 51.2 Å². The van der Waals surface area contributed by atoms with Gasteiger partial charge in [-0.25, -0.2) is 13.8 Å². The Morgan fingerprint density at radius 3 is 2.49 bits per heavy atom. The zero-order chi connectivity index (χ0) is 26.3. The number of ether oxygens (including phenoxy) is 3. The Kier molecular flexibility index (Phi) is 9.70. The third-order valence-corrected chi connectivity index (χ3v) is 7.59. The van der Waals surface area contributed by atoms with Crippen molar-refractivity contribution in [1.82, 2.24) is 10.3 Å². The fourth-order valence-corrected chi connectivity index (χ4v) is 5.33. The Hall–Kier alpha value is -2.33. The molecule has 0 bridgehead atoms. The number of nitrogens with one attached hydrogen (secondary N) is 3. The lowest BCUT2D eigenvalue weighted by Gasteiger charge is -2.36. The van der Waals surface area contributed by atoms with E-state index in [4.69, 9.17) is 14.2 Å². The van der Waals surface area contributed by atoms with Crippen molar-refractivity contribution in [3.8, 4) is 11.1 Å². The predicted octanol–water partition coefficient (Wildman–Crippen LogP) is 4.98. The normalized spacial score (nSPS) is 22.4. The molecule has 3 N–H and O–H groups in total. The molecule has 37 heavy (non-hydrogen) atoms. The summed E-state index contributed by atoms with van der Waals surface area (Å²) >= 11 is 0. The van der Waals surface area contributed by atoms with Crippen LogP contribution in [-0.4, -0.2) is 69.3 Å². The number of hydrogen-bond acceptors (Lipinski definition) is 7. The summed E-state index contributed by atoms with van der Waals surface area (Å²) in [5, 5.41) is 10.3. The van der Waals surface area contributed by atoms with Crippen molar-refractivity contribution in [1.29, 1.82) is 0 Å². The number of benzene rings is 1. The van der Waals surface area contributed by atoms with Crippen LogP contribution in [0.15, 0.2) is 30.5 Å². The standard InChI is InChI=1S/C28H40F2N4O3/c1-19(17-35-2)33-21-5-7-22(8-6-21)34-27-15-23(25(30)16-31-27)20-4-9-24(29)26(14-20)32-18-28(36-3)10-12-37-13-11-28/h4,9,14-16,19,21-22,32-33H,5-8,10-13,17-18H2,1-3H3,(H,31,34)/t19-,21?,22?/m1/s1. The second-order valence-electron chi connectivity index (χ2n) is 10.3. The number of hydrogen-bond donors (Lipinski definition) is 3. The molecule has 204 valence electrons. The van der Waals surface area contributed by atoms with Crippen molar-refractivity contribution >= 4 is 11.5 Å². The van der Waals surface area contributed by atoms with E-state index < -0.39 is 11.4 Å². The minimum absolute atomic E-state index is 0.275. The maximum Gasteiger partial charge on any atom is 0.149 e. The second-order valence-corrected chi connectivity index (χ2v) is 10.3. The van der Waals surface area contributed by atoms with Gasteiger partial charge in [0.25, 0.3) is 0 Å². The van der Waals surface area contributed by atoms with Crippen molar-refractivity contribution < 1.29 is 23.0 Å². The molecule has 4 rings (SSSR count). The topological polar surface area (TPSA) is 76.7 Å². The van der Waals surface area contributed by atoms with Crippen LogP contribution in [0.5, 0.6) is 0 Å². The molecule has 0 radical (unpaired) electrons. The van der Waals surface area contributed by atoms with Crippen molar-refractivity contribution in [3.63, 3.8) is 0 Å². The van der Waals surface area contributed by atoms with Gasteiger partial charge >= 0.3 is 0 Å². The smallest absolute Gasteiger partial charge is 0.149 e. The van der Waals surface area contributed by atoms with Gasteiger partial charge in [0.15, 0.2) is 0 Å². The van der Waals surface area contributed by atoms with Crippen LogP contribution in [0.25, 0.3) is 11.1 Å². The van der Waals surface area contributed by atoms with Crippen LogP contribution in [0.2, 0.25) is 0 Å². The van der Waals surface area contributed by atoms with E-state index in [9.17, 15) is 8.78 Å². The lowest BCUT2D eigenvalue weighted by atomic mass is 9.90. The van der Waals surface area contributed by atoms with E-state index in [-0.39, 0.29) is 11.9 Å². The number of nitrogens with zero attached hydrogens (tertiary/aromatic N) is 1. The maximum atomic E-state index is 14.8. The van der Waals surface area contributed by atoms with Gasteiger partial charge in [0.05, 0.1) is 24.1 Å². The van der Waals surface area contributed by atoms with E-state index >= 15 is 0 Å². The van der Waals surface area contributed by atoms with Gasteiger partial charge in [0, 0.05) is 70.5 Å². The van der Waals surface area contributed by atoms with E-state index in [0.29, 0.717) is 61.1 Å². The van der Waals surface area contributed by atoms with Gasteiger partial charge in [-0.1, -0.05) is 6.07 Å². The van der Waals surface area contributed by atoms with Gasteiger partial charge in [0.2, 0.25) is 0 Å². The lowest BCUT2D eigenvalue weighted by molar-refractivity contribution is -0.0807. The van der Waals surface area contributed by atoms with Gasteiger partial charge in [-0.15, -0.1) is 0 Å². The quantitative estimate of drug-likeness (QED) is 0.387. The van der Waals surface area contributed by atoms with E-state index in [0.717, 1.165) is 38.5 Å². The van der Waals surface area contributed by atoms with Crippen molar-refractivity contribution in [2.45, 2.75) is 69.2 Å². The molecule has 1 saturated carbocycles. The Balaban J connectivity index is 1.40. The summed E-state index contributed by atoms with van der Waals surface area (Å²) in [5.41, 5.74) is 0.887. The summed E-state index contributed by atoms with van der Waals surface area (Å²) in [6.45, 7) is 4.50. The molecule has 2 fully saturated rings. The molecule has 2 aliphatic rings. The Bertz CT molecular complexity index is 1010. The molecule has 2 aromatic rings. The number of methoxy groups -OCH3 is 2. The van der Waals surface area contributed by atoms with Crippen LogP contribution < -0.4 is 16.0 Å². The van der Waals surface area contributed by atoms with E-state index in [1.165, 1.54) is 12.3 Å². The third-order valence-electron chi connectivity index (χ3n) is 7.59. The molecule has 0 spiro atoms. The Morgan fingerprint density at radius 2 is 1.78 bits per heavy atom. The molecule has 1 aromatic heterocycles. The first-order valence-corrected chi connectivity index (χ1v) is 13.2. The monoisotopic (exact) mass is 518 g/mol. The highest BCUT2D eigenvalue weighted by Gasteiger charge is 2.32. The van der Waals surface area contributed by atoms with Gasteiger partial charge in [-0.3, -0.25) is 0 Å². The Labute approximate surface area is 218 Å². The van der Waals surface area contributed by atoms with Crippen LogP contribution in [0.4, 0.5) is 20.3 Å². The van der Waals surface area contributed by atoms with Crippen LogP contribution in [-0.2, 0) is 14.2 Å². The largest absolute Gasteiger partial charge is 0.383 e. The van der Waals surface area contributed by atoms with Crippen LogP contribution in [0.1, 0.15) is 45.4 Å². The summed E-state index contributed by atoms with van der Waals surface area (Å²) in [6.07, 6.45) is 6.82. The second kappa shape index (κ2) is 13.0. The third kappa shape index (κ3) is 7.37. The summed E-state index contributed by atoms with van der Waals surface area (Å²) in [4.78, 5) is 4.27. The molecule has 1 aromatic carbocycles. The first-order valence-electron chi connectivity index (χ1n) is 13.2. The Morgan fingerprint density at radius 1 is 1.05 bits per heavy atom. The number of halogens is 2. The molecule has 1 aliphatic heterocycles. The zero-order valence-electron chi connectivity index (χ0n) is 22.1. The average molecular weight is 519 g/mol. The number of aromatic nitrogens is 1. The molecule has 2 heterocycles. The number of anilines is 2. The van der Waals surface area contributed by atoms with Gasteiger partial charge in [-0.05, 0) is 56.4 Å². The minimum atomic E-state index is -0.444. The molecular weight excluding hydrogens is 478 g/mol. The first-order chi connectivity index (χ1) is 17.9. The van der Waals surface area contributed by atoms with Crippen LogP contribution >= 0.6 is 0 Å². The summed E-state index contributed by atoms with van der Waals surface area (Å²) in [5.74, 6) is -0.207. The molecular formula is C28H40F2N4O3. The lowest BCUT2D eigenvalue weighted by Crippen LogP contribution is -2.44. The fourth-order valence-electron chi connectivity index (χ4n) is 5.33. The van der Waals surface area contributed by atoms with E-state index in [1.807, 2.05) is 0 Å². The molecule has 1 saturated heterocycles. The van der Waals surface area contributed by atoms with Gasteiger partial charge < -0.3 is 30.2 Å². The SMILES string of the molecule is COC[C@@H](C)NC1CCC(Nc2cc(-c3ccc(F)c(NCC4(OC)CCOCC4)c3)c(F)cn2)CC1. The maximum absolute atomic E-state index is 14.8. The summed E-state index contributed by atoms with van der Waals surface area (Å²) in [6, 6.07) is 7.41. The van der Waals surface area contributed by atoms with Crippen LogP contribution in [0.3, 0.4) is 0 Å². The first kappa shape index (κ1) is 27.7. The molecule has 9 heteroatoms. The van der Waals surface area contributed by atoms with Gasteiger partial charge in [0.1, 0.15) is 17.5 Å². The van der Waals surface area contributed by atoms with Gasteiger partial charge in [-0.2, -0.15) is 0 Å². The molecule has 0 unspecified atom stereocenters. The van der Waals surface area contributed by atoms with E-state index in [1.54, 1.807) is 32.4 Å². The van der Waals surface area contributed by atoms with Crippen molar-refractivity contribution in [3.05, 3.63) is 42.1 Å². The highest BCUT2D eigenvalue weighted by atomic mass is 19.1. The van der Waals surface area contributed by atoms with E-state index in [2.05, 4.69) is 27.9 Å². The molecule has 7 nitrogen and oxygen atoms in total. The predicted molar refractivity (Wildman–Crippen MR) is 142 cm³/mol. The minimum Gasteiger partial charge on any atom is -0.383 e.